The number of amides is 1. The smallest absolute Gasteiger partial charge is 0.252 e. The van der Waals surface area contributed by atoms with Gasteiger partial charge >= 0.3 is 0 Å². The van der Waals surface area contributed by atoms with E-state index in [9.17, 15) is 19.2 Å². The number of aromatic hydroxyl groups is 1. The van der Waals surface area contributed by atoms with Crippen molar-refractivity contribution >= 4 is 16.7 Å². The van der Waals surface area contributed by atoms with Crippen LogP contribution < -0.4 is 15.4 Å². The molecule has 1 aliphatic heterocycles. The summed E-state index contributed by atoms with van der Waals surface area (Å²) >= 11 is 0. The number of likely N-dealkylation sites (tertiary alicyclic amines) is 1. The van der Waals surface area contributed by atoms with Gasteiger partial charge in [-0.25, -0.2) is 0 Å². The van der Waals surface area contributed by atoms with Gasteiger partial charge in [0.2, 0.25) is 0 Å². The van der Waals surface area contributed by atoms with Gasteiger partial charge in [-0.2, -0.15) is 0 Å². The van der Waals surface area contributed by atoms with E-state index in [2.05, 4.69) is 27.4 Å². The number of pyridine rings is 1. The second-order valence-corrected chi connectivity index (χ2v) is 10.9. The Hall–Kier alpha value is -2.53. The Bertz CT molecular complexity index is 1010. The van der Waals surface area contributed by atoms with Gasteiger partial charge in [0.05, 0.1) is 27.0 Å². The Labute approximate surface area is 222 Å². The van der Waals surface area contributed by atoms with Gasteiger partial charge in [0.1, 0.15) is 24.2 Å². The van der Waals surface area contributed by atoms with Crippen LogP contribution in [-0.2, 0) is 17.3 Å². The fourth-order valence-electron chi connectivity index (χ4n) is 4.22. The van der Waals surface area contributed by atoms with Crippen molar-refractivity contribution in [2.24, 2.45) is 0 Å². The fraction of sp³-hybridized carbons (Fsp3) is 0.556. The van der Waals surface area contributed by atoms with E-state index in [1.807, 2.05) is 12.1 Å². The topological polar surface area (TPSA) is 124 Å². The quantitative estimate of drug-likeness (QED) is 0.274. The molecular weight excluding hydrogens is 492 g/mol. The molecule has 0 bridgehead atoms. The van der Waals surface area contributed by atoms with Crippen molar-refractivity contribution in [1.82, 2.24) is 20.5 Å². The molecule has 1 aliphatic rings. The van der Waals surface area contributed by atoms with Crippen LogP contribution in [0.15, 0.2) is 41.4 Å². The zero-order valence-corrected chi connectivity index (χ0v) is 22.6. The van der Waals surface area contributed by atoms with Crippen LogP contribution in [0.3, 0.4) is 0 Å². The molecular formula is C27H40N4O5S. The number of carbonyl (C=O) groups excluding carboxylic acids is 1. The maximum Gasteiger partial charge on any atom is 0.252 e. The summed E-state index contributed by atoms with van der Waals surface area (Å²) in [6.07, 6.45) is 7.64. The van der Waals surface area contributed by atoms with E-state index in [-0.39, 0.29) is 18.3 Å². The molecule has 1 amide bonds. The van der Waals surface area contributed by atoms with Gasteiger partial charge in [-0.3, -0.25) is 18.9 Å². The Morgan fingerprint density at radius 2 is 2.03 bits per heavy atom. The third kappa shape index (κ3) is 9.70. The molecule has 1 fully saturated rings. The number of ether oxygens (including phenoxy) is 1. The van der Waals surface area contributed by atoms with Crippen molar-refractivity contribution in [1.29, 1.82) is 0 Å². The summed E-state index contributed by atoms with van der Waals surface area (Å²) in [6, 6.07) is 8.66. The number of piperidine rings is 1. The first-order chi connectivity index (χ1) is 17.9. The number of carbonyl (C=O) groups is 1. The third-order valence-corrected chi connectivity index (χ3v) is 7.40. The fourth-order valence-corrected chi connectivity index (χ4v) is 4.87. The summed E-state index contributed by atoms with van der Waals surface area (Å²) in [6.45, 7) is 5.96. The Balaban J connectivity index is 1.33. The molecule has 2 atom stereocenters. The van der Waals surface area contributed by atoms with Crippen molar-refractivity contribution in [3.63, 3.8) is 0 Å². The highest BCUT2D eigenvalue weighted by Gasteiger charge is 2.20. The molecule has 10 heteroatoms. The first-order valence-electron chi connectivity index (χ1n) is 13.0. The first kappa shape index (κ1) is 29.0. The summed E-state index contributed by atoms with van der Waals surface area (Å²) in [7, 11) is -1.32. The van der Waals surface area contributed by atoms with Gasteiger partial charge in [0.25, 0.3) is 5.91 Å². The Morgan fingerprint density at radius 1 is 1.24 bits per heavy atom. The number of aliphatic hydroxyl groups excluding tert-OH is 1. The summed E-state index contributed by atoms with van der Waals surface area (Å²) < 4.78 is 17.3. The largest absolute Gasteiger partial charge is 0.507 e. The second-order valence-electron chi connectivity index (χ2n) is 9.51. The summed E-state index contributed by atoms with van der Waals surface area (Å²) in [5, 5.41) is 26.4. The van der Waals surface area contributed by atoms with Crippen LogP contribution in [0.1, 0.15) is 55.1 Å². The average Bonchev–Trinajstić information content (AvgIpc) is 2.90. The molecule has 0 saturated carbocycles. The molecule has 4 N–H and O–H groups in total. The van der Waals surface area contributed by atoms with Crippen LogP contribution in [-0.4, -0.2) is 81.4 Å². The van der Waals surface area contributed by atoms with Crippen LogP contribution in [0.2, 0.25) is 0 Å². The monoisotopic (exact) mass is 532 g/mol. The van der Waals surface area contributed by atoms with Gasteiger partial charge in [-0.15, -0.1) is 0 Å². The predicted molar refractivity (Wildman–Crippen MR) is 144 cm³/mol. The summed E-state index contributed by atoms with van der Waals surface area (Å²) in [4.78, 5) is 19.4. The van der Waals surface area contributed by atoms with Crippen LogP contribution in [0.25, 0.3) is 0 Å². The lowest BCUT2D eigenvalue weighted by molar-refractivity contribution is 0.0952. The van der Waals surface area contributed by atoms with E-state index >= 15 is 0 Å². The summed E-state index contributed by atoms with van der Waals surface area (Å²) in [5.74, 6) is 0.361. The molecule has 0 radical (unpaired) electrons. The number of phenolic OH excluding ortho intramolecular Hbond substituents is 1. The van der Waals surface area contributed by atoms with E-state index < -0.39 is 16.9 Å². The van der Waals surface area contributed by atoms with Gasteiger partial charge < -0.3 is 25.6 Å². The number of nitrogens with zero attached hydrogens (tertiary/aromatic N) is 2. The highest BCUT2D eigenvalue weighted by molar-refractivity contribution is 7.84. The molecule has 204 valence electrons. The second kappa shape index (κ2) is 15.0. The minimum absolute atomic E-state index is 0.0323. The van der Waals surface area contributed by atoms with Crippen molar-refractivity contribution < 1.29 is 24.0 Å². The number of aromatic nitrogens is 1. The number of unbranched alkanes of at least 4 members (excludes halogenated alkanes) is 2. The van der Waals surface area contributed by atoms with Crippen molar-refractivity contribution in [3.8, 4) is 11.5 Å². The molecule has 0 aliphatic carbocycles. The zero-order valence-electron chi connectivity index (χ0n) is 21.8. The van der Waals surface area contributed by atoms with Crippen LogP contribution in [0.5, 0.6) is 11.5 Å². The van der Waals surface area contributed by atoms with E-state index in [1.54, 1.807) is 12.3 Å². The van der Waals surface area contributed by atoms with Gasteiger partial charge in [0.15, 0.2) is 0 Å². The van der Waals surface area contributed by atoms with Crippen molar-refractivity contribution in [2.45, 2.75) is 62.6 Å². The van der Waals surface area contributed by atoms with Crippen LogP contribution in [0.4, 0.5) is 0 Å². The molecule has 2 aromatic rings. The molecule has 9 nitrogen and oxygen atoms in total. The van der Waals surface area contributed by atoms with Gasteiger partial charge in [-0.05, 0) is 49.6 Å². The molecule has 2 unspecified atom stereocenters. The molecule has 1 saturated heterocycles. The molecule has 2 heterocycles. The predicted octanol–water partition coefficient (Wildman–Crippen LogP) is 2.44. The highest BCUT2D eigenvalue weighted by Crippen LogP contribution is 2.25. The number of benzene rings is 1. The van der Waals surface area contributed by atoms with E-state index in [4.69, 9.17) is 4.74 Å². The lowest BCUT2D eigenvalue weighted by atomic mass is 10.0. The van der Waals surface area contributed by atoms with Crippen molar-refractivity contribution in [3.05, 3.63) is 47.8 Å². The maximum absolute atomic E-state index is 12.2. The first-order valence-corrected chi connectivity index (χ1v) is 14.6. The van der Waals surface area contributed by atoms with Crippen LogP contribution >= 0.6 is 0 Å². The zero-order chi connectivity index (χ0) is 26.6. The Kier molecular flexibility index (Phi) is 11.8. The SMILES string of the molecule is CCCCCNC(=O)c1ccc(CN2CCC(NCC(O)COc3ccc(O)c(S(C)=O)c3)CC2)nc1. The van der Waals surface area contributed by atoms with E-state index in [0.29, 0.717) is 35.3 Å². The molecule has 1 aromatic heterocycles. The Morgan fingerprint density at radius 3 is 2.70 bits per heavy atom. The number of aliphatic hydroxyl groups is 1. The number of nitrogens with one attached hydrogen (secondary N) is 2. The standard InChI is InChI=1S/C27H40N4O5S/c1-3-4-5-12-28-27(34)20-6-7-22(29-16-20)18-31-13-10-21(11-14-31)30-17-23(32)19-36-24-8-9-25(33)26(15-24)37(2)35/h6-9,15-16,21,23,30,32-33H,3-5,10-14,17-19H2,1-2H3,(H,28,34). The lowest BCUT2D eigenvalue weighted by Crippen LogP contribution is -2.45. The van der Waals surface area contributed by atoms with Gasteiger partial charge in [-0.1, -0.05) is 19.8 Å². The normalized spacial score (nSPS) is 16.3. The molecule has 0 spiro atoms. The summed E-state index contributed by atoms with van der Waals surface area (Å²) in [5.41, 5.74) is 1.54. The lowest BCUT2D eigenvalue weighted by Gasteiger charge is -2.32. The van der Waals surface area contributed by atoms with Crippen LogP contribution in [0, 0.1) is 0 Å². The maximum atomic E-state index is 12.2. The molecule has 3 rings (SSSR count). The van der Waals surface area contributed by atoms with Gasteiger partial charge in [0, 0.05) is 51.2 Å². The minimum Gasteiger partial charge on any atom is -0.507 e. The average molecular weight is 533 g/mol. The van der Waals surface area contributed by atoms with E-state index in [0.717, 1.165) is 57.4 Å². The van der Waals surface area contributed by atoms with Crippen molar-refractivity contribution in [2.75, 3.05) is 39.0 Å². The number of hydrogen-bond donors (Lipinski definition) is 4. The third-order valence-electron chi connectivity index (χ3n) is 6.45. The number of hydrogen-bond acceptors (Lipinski definition) is 8. The highest BCUT2D eigenvalue weighted by atomic mass is 32.2. The number of phenols is 1. The van der Waals surface area contributed by atoms with E-state index in [1.165, 1.54) is 18.4 Å². The molecule has 1 aromatic carbocycles. The minimum atomic E-state index is -1.32. The number of rotatable bonds is 14. The molecule has 37 heavy (non-hydrogen) atoms.